The molecule has 0 unspecified atom stereocenters. The van der Waals surface area contributed by atoms with Crippen LogP contribution in [0.25, 0.3) is 0 Å². The fraction of sp³-hybridized carbons (Fsp3) is 0.917. The van der Waals surface area contributed by atoms with Crippen LogP contribution in [-0.2, 0) is 28.1 Å². The van der Waals surface area contributed by atoms with Gasteiger partial charge >= 0.3 is 18.6 Å². The second-order valence-corrected chi connectivity index (χ2v) is 7.90. The second kappa shape index (κ2) is 29.7. The molecule has 171 valence electrons. The van der Waals surface area contributed by atoms with E-state index in [0.717, 1.165) is 25.7 Å². The van der Waals surface area contributed by atoms with Crippen molar-refractivity contribution < 1.29 is 38.4 Å². The number of carbonyl (C=O) groups excluding carboxylic acids is 2. The van der Waals surface area contributed by atoms with Gasteiger partial charge in [0.05, 0.1) is 0 Å². The second-order valence-electron chi connectivity index (χ2n) is 7.90. The topological polar surface area (TPSA) is 80.3 Å². The summed E-state index contributed by atoms with van der Waals surface area (Å²) in [6.07, 6.45) is 22.3. The monoisotopic (exact) mass is 449 g/mol. The van der Waals surface area contributed by atoms with E-state index in [9.17, 15) is 19.8 Å². The fourth-order valence-electron chi connectivity index (χ4n) is 3.16. The number of hydrogen-bond acceptors (Lipinski definition) is 4. The first kappa shape index (κ1) is 33.2. The van der Waals surface area contributed by atoms with Gasteiger partial charge < -0.3 is 19.8 Å². The molecule has 0 N–H and O–H groups in total. The van der Waals surface area contributed by atoms with E-state index in [1.807, 2.05) is 0 Å². The molecule has 1 radical (unpaired) electrons. The van der Waals surface area contributed by atoms with Crippen LogP contribution in [-0.4, -0.2) is 11.9 Å². The number of carboxylic acids is 2. The molecule has 0 saturated carbocycles. The Morgan fingerprint density at radius 3 is 0.862 bits per heavy atom. The summed E-state index contributed by atoms with van der Waals surface area (Å²) >= 11 is 0. The maximum absolute atomic E-state index is 10.1. The van der Waals surface area contributed by atoms with Gasteiger partial charge in [-0.1, -0.05) is 117 Å². The normalized spacial score (nSPS) is 10.0. The average Bonchev–Trinajstić information content (AvgIpc) is 2.65. The zero-order valence-corrected chi connectivity index (χ0v) is 20.6. The molecule has 5 heteroatoms. The molecule has 29 heavy (non-hydrogen) atoms. The van der Waals surface area contributed by atoms with Crippen molar-refractivity contribution >= 4 is 11.9 Å². The van der Waals surface area contributed by atoms with Gasteiger partial charge in [-0.3, -0.25) is 0 Å². The van der Waals surface area contributed by atoms with Gasteiger partial charge in [0.25, 0.3) is 0 Å². The van der Waals surface area contributed by atoms with Gasteiger partial charge in [0.2, 0.25) is 0 Å². The molecule has 0 aromatic rings. The summed E-state index contributed by atoms with van der Waals surface area (Å²) < 4.78 is 0. The molecule has 0 aromatic heterocycles. The molecule has 0 aliphatic heterocycles. The molecule has 0 rings (SSSR count). The Morgan fingerprint density at radius 1 is 0.448 bits per heavy atom. The van der Waals surface area contributed by atoms with Gasteiger partial charge in [-0.25, -0.2) is 0 Å². The summed E-state index contributed by atoms with van der Waals surface area (Å²) in [5.41, 5.74) is 0. The fourth-order valence-corrected chi connectivity index (χ4v) is 3.16. The van der Waals surface area contributed by atoms with Crippen molar-refractivity contribution in [3.63, 3.8) is 0 Å². The molecule has 0 amide bonds. The molecule has 0 aliphatic carbocycles. The first-order chi connectivity index (χ1) is 13.5. The molecular formula is C24H46O4V. The van der Waals surface area contributed by atoms with E-state index >= 15 is 0 Å². The molecule has 0 atom stereocenters. The van der Waals surface area contributed by atoms with Crippen LogP contribution in [0.3, 0.4) is 0 Å². The molecule has 0 saturated heterocycles. The van der Waals surface area contributed by atoms with Crippen LogP contribution in [0, 0.1) is 0 Å². The first-order valence-corrected chi connectivity index (χ1v) is 11.9. The third kappa shape index (κ3) is 38.7. The van der Waals surface area contributed by atoms with Crippen LogP contribution in [0.1, 0.15) is 142 Å². The number of hydrogen-bond donors (Lipinski definition) is 0. The van der Waals surface area contributed by atoms with Crippen LogP contribution < -0.4 is 10.2 Å². The molecular weight excluding hydrogens is 403 g/mol. The van der Waals surface area contributed by atoms with E-state index in [1.54, 1.807) is 0 Å². The Balaban J connectivity index is -0.000000451. The smallest absolute Gasteiger partial charge is 0.550 e. The van der Waals surface area contributed by atoms with E-state index in [-0.39, 0.29) is 31.4 Å². The third-order valence-electron chi connectivity index (χ3n) is 4.97. The maximum atomic E-state index is 10.1. The van der Waals surface area contributed by atoms with Crippen molar-refractivity contribution in [1.29, 1.82) is 0 Å². The van der Waals surface area contributed by atoms with Gasteiger partial charge in [-0.2, -0.15) is 0 Å². The summed E-state index contributed by atoms with van der Waals surface area (Å²) in [7, 11) is 0. The Bertz CT molecular complexity index is 303. The zero-order valence-electron chi connectivity index (χ0n) is 19.2. The van der Waals surface area contributed by atoms with E-state index < -0.39 is 11.9 Å². The predicted octanol–water partition coefficient (Wildman–Crippen LogP) is 5.31. The van der Waals surface area contributed by atoms with Crippen molar-refractivity contribution in [2.24, 2.45) is 0 Å². The van der Waals surface area contributed by atoms with E-state index in [2.05, 4.69) is 13.8 Å². The summed E-state index contributed by atoms with van der Waals surface area (Å²) in [6.45, 7) is 4.44. The summed E-state index contributed by atoms with van der Waals surface area (Å²) in [6, 6.07) is 0. The van der Waals surface area contributed by atoms with Crippen LogP contribution in [0.4, 0.5) is 0 Å². The van der Waals surface area contributed by atoms with Crippen LogP contribution in [0.15, 0.2) is 0 Å². The summed E-state index contributed by atoms with van der Waals surface area (Å²) in [4.78, 5) is 20.2. The number of rotatable bonds is 20. The van der Waals surface area contributed by atoms with Gasteiger partial charge in [-0.05, 0) is 25.7 Å². The first-order valence-electron chi connectivity index (χ1n) is 11.9. The standard InChI is InChI=1S/2C12H24O2.V/c2*1-2-3-4-5-6-7-8-9-10-11-12(13)14;/h2*2-11H2,1H3,(H,13,14);/q;;+2/p-2. The minimum atomic E-state index is -0.909. The van der Waals surface area contributed by atoms with Crippen molar-refractivity contribution in [2.75, 3.05) is 0 Å². The molecule has 0 fully saturated rings. The zero-order chi connectivity index (χ0) is 21.3. The van der Waals surface area contributed by atoms with Crippen molar-refractivity contribution in [2.45, 2.75) is 142 Å². The van der Waals surface area contributed by atoms with E-state index in [1.165, 1.54) is 89.9 Å². The van der Waals surface area contributed by atoms with Crippen LogP contribution >= 0.6 is 0 Å². The Kier molecular flexibility index (Phi) is 34.0. The van der Waals surface area contributed by atoms with Crippen molar-refractivity contribution in [3.8, 4) is 0 Å². The van der Waals surface area contributed by atoms with Crippen LogP contribution in [0.5, 0.6) is 0 Å². The largest absolute Gasteiger partial charge is 2.00 e. The molecule has 0 aromatic carbocycles. The van der Waals surface area contributed by atoms with Crippen molar-refractivity contribution in [1.82, 2.24) is 0 Å². The SMILES string of the molecule is CCCCCCCCCCCC(=O)[O-].CCCCCCCCCCCC(=O)[O-].[V+2]. The molecule has 4 nitrogen and oxygen atoms in total. The van der Waals surface area contributed by atoms with Gasteiger partial charge in [0.15, 0.2) is 0 Å². The summed E-state index contributed by atoms with van der Waals surface area (Å²) in [5, 5.41) is 20.2. The average molecular weight is 450 g/mol. The minimum absolute atomic E-state index is 0. The number of carbonyl (C=O) groups is 2. The van der Waals surface area contributed by atoms with Crippen LogP contribution in [0.2, 0.25) is 0 Å². The van der Waals surface area contributed by atoms with E-state index in [0.29, 0.717) is 0 Å². The Labute approximate surface area is 192 Å². The number of aliphatic carboxylic acids is 2. The van der Waals surface area contributed by atoms with Gasteiger partial charge in [0, 0.05) is 11.9 Å². The Morgan fingerprint density at radius 2 is 0.655 bits per heavy atom. The third-order valence-corrected chi connectivity index (χ3v) is 4.97. The quantitative estimate of drug-likeness (QED) is 0.236. The predicted molar refractivity (Wildman–Crippen MR) is 114 cm³/mol. The van der Waals surface area contributed by atoms with Gasteiger partial charge in [0.1, 0.15) is 0 Å². The number of carboxylic acid groups (broad SMARTS) is 2. The summed E-state index contributed by atoms with van der Waals surface area (Å²) in [5.74, 6) is -1.82. The van der Waals surface area contributed by atoms with E-state index in [4.69, 9.17) is 0 Å². The van der Waals surface area contributed by atoms with Crippen molar-refractivity contribution in [3.05, 3.63) is 0 Å². The molecule has 0 bridgehead atoms. The number of unbranched alkanes of at least 4 members (excludes halogenated alkanes) is 16. The Hall–Kier alpha value is -0.476. The maximum Gasteiger partial charge on any atom is 2.00 e. The molecule has 0 heterocycles. The molecule has 0 aliphatic rings. The minimum Gasteiger partial charge on any atom is -0.550 e. The molecule has 0 spiro atoms. The van der Waals surface area contributed by atoms with Gasteiger partial charge in [-0.15, -0.1) is 0 Å².